The molecule has 2 heterocycles. The van der Waals surface area contributed by atoms with Crippen LogP contribution in [-0.2, 0) is 17.6 Å². The lowest BCUT2D eigenvalue weighted by Crippen LogP contribution is -2.34. The average Bonchev–Trinajstić information content (AvgIpc) is 2.96. The molecule has 1 atom stereocenters. The van der Waals surface area contributed by atoms with Crippen LogP contribution in [-0.4, -0.2) is 30.5 Å². The normalized spacial score (nSPS) is 17.6. The van der Waals surface area contributed by atoms with E-state index in [4.69, 9.17) is 0 Å². The van der Waals surface area contributed by atoms with E-state index in [1.54, 1.807) is 11.3 Å². The zero-order valence-electron chi connectivity index (χ0n) is 13.2. The number of nitrogens with zero attached hydrogens (tertiary/aromatic N) is 1. The number of thiazole rings is 1. The monoisotopic (exact) mass is 309 g/mol. The lowest BCUT2D eigenvalue weighted by Gasteiger charge is -2.27. The minimum Gasteiger partial charge on any atom is -0.356 e. The van der Waals surface area contributed by atoms with Gasteiger partial charge in [-0.2, -0.15) is 0 Å². The van der Waals surface area contributed by atoms with E-state index in [9.17, 15) is 4.79 Å². The first kappa shape index (κ1) is 16.4. The van der Waals surface area contributed by atoms with E-state index in [2.05, 4.69) is 29.5 Å². The molecule has 1 aromatic heterocycles. The Morgan fingerprint density at radius 2 is 2.29 bits per heavy atom. The number of amides is 1. The maximum absolute atomic E-state index is 12.0. The summed E-state index contributed by atoms with van der Waals surface area (Å²) in [5, 5.41) is 7.54. The Balaban J connectivity index is 1.64. The van der Waals surface area contributed by atoms with Gasteiger partial charge in [-0.3, -0.25) is 4.79 Å². The second-order valence-corrected chi connectivity index (χ2v) is 7.14. The quantitative estimate of drug-likeness (QED) is 0.813. The van der Waals surface area contributed by atoms with Crippen LogP contribution in [0.2, 0.25) is 0 Å². The van der Waals surface area contributed by atoms with Gasteiger partial charge in [0.05, 0.1) is 5.01 Å². The van der Waals surface area contributed by atoms with Crippen LogP contribution >= 0.6 is 11.3 Å². The summed E-state index contributed by atoms with van der Waals surface area (Å²) < 4.78 is 0. The fraction of sp³-hybridized carbons (Fsp3) is 0.750. The van der Waals surface area contributed by atoms with Crippen LogP contribution in [0.4, 0.5) is 0 Å². The third-order valence-electron chi connectivity index (χ3n) is 4.31. The van der Waals surface area contributed by atoms with Gasteiger partial charge in [0.25, 0.3) is 0 Å². The van der Waals surface area contributed by atoms with Crippen LogP contribution in [0.3, 0.4) is 0 Å². The van der Waals surface area contributed by atoms with Gasteiger partial charge in [-0.25, -0.2) is 4.98 Å². The number of hydrogen-bond donors (Lipinski definition) is 2. The van der Waals surface area contributed by atoms with Crippen molar-refractivity contribution in [2.75, 3.05) is 19.6 Å². The number of carbonyl (C=O) groups is 1. The molecule has 0 aliphatic carbocycles. The van der Waals surface area contributed by atoms with Crippen LogP contribution in [0.1, 0.15) is 43.0 Å². The van der Waals surface area contributed by atoms with E-state index in [0.717, 1.165) is 30.9 Å². The molecule has 118 valence electrons. The number of aryl methyl sites for hydroxylation is 1. The molecule has 2 rings (SSSR count). The lowest BCUT2D eigenvalue weighted by atomic mass is 9.84. The highest BCUT2D eigenvalue weighted by atomic mass is 32.1. The topological polar surface area (TPSA) is 54.0 Å². The Bertz CT molecular complexity index is 440. The third-order valence-corrected chi connectivity index (χ3v) is 5.51. The van der Waals surface area contributed by atoms with E-state index in [1.165, 1.54) is 17.7 Å². The summed E-state index contributed by atoms with van der Waals surface area (Å²) in [5.74, 6) is 1.37. The van der Waals surface area contributed by atoms with Gasteiger partial charge < -0.3 is 10.6 Å². The maximum atomic E-state index is 12.0. The van der Waals surface area contributed by atoms with Gasteiger partial charge >= 0.3 is 0 Å². The van der Waals surface area contributed by atoms with Gasteiger partial charge in [0, 0.05) is 30.5 Å². The second kappa shape index (κ2) is 8.49. The van der Waals surface area contributed by atoms with Crippen LogP contribution in [0.25, 0.3) is 0 Å². The Hall–Kier alpha value is -0.940. The molecular formula is C16H27N3OS. The molecule has 21 heavy (non-hydrogen) atoms. The number of hydrogen-bond acceptors (Lipinski definition) is 4. The largest absolute Gasteiger partial charge is 0.356 e. The molecule has 0 radical (unpaired) electrons. The maximum Gasteiger partial charge on any atom is 0.220 e. The predicted octanol–water partition coefficient (Wildman–Crippen LogP) is 2.39. The molecule has 0 aromatic carbocycles. The highest BCUT2D eigenvalue weighted by Crippen LogP contribution is 2.24. The van der Waals surface area contributed by atoms with Crippen molar-refractivity contribution in [3.05, 3.63) is 16.1 Å². The first-order valence-corrected chi connectivity index (χ1v) is 8.91. The van der Waals surface area contributed by atoms with Crippen molar-refractivity contribution < 1.29 is 4.79 Å². The molecule has 5 heteroatoms. The summed E-state index contributed by atoms with van der Waals surface area (Å²) in [7, 11) is 0. The summed E-state index contributed by atoms with van der Waals surface area (Å²) in [6.45, 7) is 7.25. The summed E-state index contributed by atoms with van der Waals surface area (Å²) in [5.41, 5.74) is 0. The number of aromatic nitrogens is 1. The number of piperidine rings is 1. The summed E-state index contributed by atoms with van der Waals surface area (Å²) in [6, 6.07) is 0. The fourth-order valence-electron chi connectivity index (χ4n) is 2.88. The van der Waals surface area contributed by atoms with Crippen LogP contribution in [0.5, 0.6) is 0 Å². The lowest BCUT2D eigenvalue weighted by molar-refractivity contribution is -0.122. The van der Waals surface area contributed by atoms with Gasteiger partial charge in [-0.1, -0.05) is 13.8 Å². The standard InChI is InChI=1S/C16H27N3OS/c1-3-14-11-19-16(21-14)6-9-18-15(20)10-12(2)13-4-7-17-8-5-13/h11-13,17H,3-10H2,1-2H3,(H,18,20). The number of rotatable bonds is 7. The van der Waals surface area contributed by atoms with E-state index in [0.29, 0.717) is 24.8 Å². The van der Waals surface area contributed by atoms with Gasteiger partial charge in [-0.15, -0.1) is 11.3 Å². The Labute approximate surface area is 131 Å². The molecule has 1 unspecified atom stereocenters. The first-order valence-electron chi connectivity index (χ1n) is 8.10. The second-order valence-electron chi connectivity index (χ2n) is 5.94. The zero-order chi connectivity index (χ0) is 15.1. The Kier molecular flexibility index (Phi) is 6.64. The third kappa shape index (κ3) is 5.40. The van der Waals surface area contributed by atoms with Gasteiger partial charge in [0.15, 0.2) is 0 Å². The molecule has 1 aromatic rings. The molecule has 4 nitrogen and oxygen atoms in total. The summed E-state index contributed by atoms with van der Waals surface area (Å²) in [6.07, 6.45) is 6.89. The molecule has 1 amide bonds. The van der Waals surface area contributed by atoms with Crippen molar-refractivity contribution in [2.45, 2.75) is 46.0 Å². The highest BCUT2D eigenvalue weighted by Gasteiger charge is 2.21. The van der Waals surface area contributed by atoms with Gasteiger partial charge in [0.1, 0.15) is 0 Å². The minimum atomic E-state index is 0.188. The van der Waals surface area contributed by atoms with Crippen LogP contribution in [0, 0.1) is 11.8 Å². The zero-order valence-corrected chi connectivity index (χ0v) is 14.0. The van der Waals surface area contributed by atoms with E-state index >= 15 is 0 Å². The van der Waals surface area contributed by atoms with Crippen molar-refractivity contribution in [3.8, 4) is 0 Å². The highest BCUT2D eigenvalue weighted by molar-refractivity contribution is 7.11. The van der Waals surface area contributed by atoms with E-state index in [-0.39, 0.29) is 5.91 Å². The molecule has 0 bridgehead atoms. The van der Waals surface area contributed by atoms with Gasteiger partial charge in [-0.05, 0) is 44.2 Å². The summed E-state index contributed by atoms with van der Waals surface area (Å²) in [4.78, 5) is 17.7. The molecule has 1 aliphatic rings. The molecule has 1 saturated heterocycles. The van der Waals surface area contributed by atoms with Crippen molar-refractivity contribution in [1.82, 2.24) is 15.6 Å². The van der Waals surface area contributed by atoms with Crippen molar-refractivity contribution in [1.29, 1.82) is 0 Å². The number of nitrogens with one attached hydrogen (secondary N) is 2. The van der Waals surface area contributed by atoms with Gasteiger partial charge in [0.2, 0.25) is 5.91 Å². The Morgan fingerprint density at radius 3 is 2.95 bits per heavy atom. The Morgan fingerprint density at radius 1 is 1.52 bits per heavy atom. The fourth-order valence-corrected chi connectivity index (χ4v) is 3.74. The van der Waals surface area contributed by atoms with Crippen molar-refractivity contribution in [2.24, 2.45) is 11.8 Å². The van der Waals surface area contributed by atoms with Crippen molar-refractivity contribution >= 4 is 17.2 Å². The van der Waals surface area contributed by atoms with Crippen molar-refractivity contribution in [3.63, 3.8) is 0 Å². The first-order chi connectivity index (χ1) is 10.2. The van der Waals surface area contributed by atoms with E-state index < -0.39 is 0 Å². The van der Waals surface area contributed by atoms with Crippen LogP contribution < -0.4 is 10.6 Å². The molecule has 2 N–H and O–H groups in total. The number of carbonyl (C=O) groups excluding carboxylic acids is 1. The molecule has 0 saturated carbocycles. The van der Waals surface area contributed by atoms with Crippen LogP contribution in [0.15, 0.2) is 6.20 Å². The SMILES string of the molecule is CCc1cnc(CCNC(=O)CC(C)C2CCNCC2)s1. The molecule has 0 spiro atoms. The summed E-state index contributed by atoms with van der Waals surface area (Å²) >= 11 is 1.75. The molecule has 1 fully saturated rings. The molecule has 1 aliphatic heterocycles. The predicted molar refractivity (Wildman–Crippen MR) is 87.6 cm³/mol. The minimum absolute atomic E-state index is 0.188. The molecular weight excluding hydrogens is 282 g/mol. The average molecular weight is 309 g/mol. The smallest absolute Gasteiger partial charge is 0.220 e. The van der Waals surface area contributed by atoms with E-state index in [1.807, 2.05) is 6.20 Å².